The summed E-state index contributed by atoms with van der Waals surface area (Å²) in [6.07, 6.45) is 3.49. The summed E-state index contributed by atoms with van der Waals surface area (Å²) in [6, 6.07) is 5.53. The molecule has 2 rings (SSSR count). The van der Waals surface area contributed by atoms with Crippen LogP contribution in [-0.2, 0) is 0 Å². The van der Waals surface area contributed by atoms with Gasteiger partial charge in [0.05, 0.1) is 5.36 Å². The van der Waals surface area contributed by atoms with E-state index in [2.05, 4.69) is 18.5 Å². The van der Waals surface area contributed by atoms with Crippen LogP contribution >= 0.6 is 0 Å². The van der Waals surface area contributed by atoms with Crippen LogP contribution < -0.4 is 10.6 Å². The van der Waals surface area contributed by atoms with Crippen LogP contribution in [0.5, 0.6) is 0 Å². The molecule has 0 aromatic heterocycles. The Hall–Kier alpha value is -1.70. The van der Waals surface area contributed by atoms with Crippen molar-refractivity contribution < 1.29 is 4.79 Å². The summed E-state index contributed by atoms with van der Waals surface area (Å²) in [7, 11) is 0. The number of rotatable bonds is 2. The van der Waals surface area contributed by atoms with E-state index in [1.165, 1.54) is 0 Å². The van der Waals surface area contributed by atoms with Crippen molar-refractivity contribution in [3.8, 4) is 0 Å². The minimum Gasteiger partial charge on any atom is -0.289 e. The van der Waals surface area contributed by atoms with E-state index >= 15 is 0 Å². The number of carbonyl (C=O) groups is 1. The highest BCUT2D eigenvalue weighted by molar-refractivity contribution is 6.05. The average Bonchev–Trinajstić information content (AvgIpc) is 2.20. The predicted octanol–water partition coefficient (Wildman–Crippen LogP) is 1.60. The van der Waals surface area contributed by atoms with Crippen LogP contribution in [0.25, 0.3) is 6.58 Å². The number of benzene rings is 1. The van der Waals surface area contributed by atoms with Crippen LogP contribution in [0.1, 0.15) is 30.1 Å². The number of ketones is 1. The maximum atomic E-state index is 11.8. The fraction of sp³-hybridized carbons (Fsp3) is 0.231. The van der Waals surface area contributed by atoms with Crippen LogP contribution in [0.15, 0.2) is 35.0 Å². The largest absolute Gasteiger partial charge is 0.289 e. The Kier molecular flexibility index (Phi) is 2.50. The van der Waals surface area contributed by atoms with Gasteiger partial charge in [0.2, 0.25) is 0 Å². The van der Waals surface area contributed by atoms with E-state index in [0.29, 0.717) is 5.56 Å². The average molecular weight is 199 g/mol. The van der Waals surface area contributed by atoms with Gasteiger partial charge in [0, 0.05) is 17.3 Å². The SMILES string of the molecule is C=c1ccc2c(c1)C(=O)C=C(CCC)N=2. The third-order valence-electron chi connectivity index (χ3n) is 2.39. The molecule has 1 aliphatic rings. The zero-order valence-corrected chi connectivity index (χ0v) is 8.79. The zero-order valence-electron chi connectivity index (χ0n) is 8.79. The smallest absolute Gasteiger partial charge is 0.189 e. The second-order valence-electron chi connectivity index (χ2n) is 3.71. The van der Waals surface area contributed by atoms with E-state index in [0.717, 1.165) is 29.1 Å². The van der Waals surface area contributed by atoms with E-state index in [-0.39, 0.29) is 5.78 Å². The van der Waals surface area contributed by atoms with Crippen molar-refractivity contribution in [2.24, 2.45) is 4.99 Å². The summed E-state index contributed by atoms with van der Waals surface area (Å²) in [6.45, 7) is 5.88. The third kappa shape index (κ3) is 1.89. The Labute approximate surface area is 88.7 Å². The Morgan fingerprint density at radius 1 is 1.40 bits per heavy atom. The van der Waals surface area contributed by atoms with E-state index in [1.807, 2.05) is 12.1 Å². The molecule has 0 amide bonds. The predicted molar refractivity (Wildman–Crippen MR) is 60.1 cm³/mol. The molecule has 0 spiro atoms. The molecule has 0 fully saturated rings. The summed E-state index contributed by atoms with van der Waals surface area (Å²) in [5.41, 5.74) is 1.55. The molecule has 2 nitrogen and oxygen atoms in total. The van der Waals surface area contributed by atoms with Crippen LogP contribution in [0, 0.1) is 0 Å². The maximum Gasteiger partial charge on any atom is 0.189 e. The lowest BCUT2D eigenvalue weighted by Gasteiger charge is -2.07. The number of nitrogens with zero attached hydrogens (tertiary/aromatic N) is 1. The van der Waals surface area contributed by atoms with Crippen molar-refractivity contribution in [2.45, 2.75) is 19.8 Å². The van der Waals surface area contributed by atoms with Gasteiger partial charge in [-0.1, -0.05) is 26.0 Å². The van der Waals surface area contributed by atoms with Gasteiger partial charge in [-0.25, -0.2) is 0 Å². The minimum absolute atomic E-state index is 0.0500. The summed E-state index contributed by atoms with van der Waals surface area (Å²) in [5.74, 6) is 0.0500. The zero-order chi connectivity index (χ0) is 10.8. The molecule has 0 saturated heterocycles. The second-order valence-corrected chi connectivity index (χ2v) is 3.71. The van der Waals surface area contributed by atoms with Crippen molar-refractivity contribution in [2.75, 3.05) is 0 Å². The quantitative estimate of drug-likeness (QED) is 0.711. The standard InChI is InChI=1S/C13H13NO/c1-3-4-10-8-13(15)11-7-9(2)5-6-12(11)14-10/h5-8H,2-4H2,1H3. The molecule has 1 heterocycles. The normalized spacial score (nSPS) is 14.2. The summed E-state index contributed by atoms with van der Waals surface area (Å²) in [5, 5.41) is 1.63. The van der Waals surface area contributed by atoms with Gasteiger partial charge >= 0.3 is 0 Å². The fourth-order valence-electron chi connectivity index (χ4n) is 1.68. The molecule has 0 N–H and O–H groups in total. The van der Waals surface area contributed by atoms with Gasteiger partial charge in [0.25, 0.3) is 0 Å². The molecular weight excluding hydrogens is 186 g/mol. The van der Waals surface area contributed by atoms with Gasteiger partial charge in [0.1, 0.15) is 0 Å². The molecule has 0 aliphatic carbocycles. The Morgan fingerprint density at radius 3 is 2.93 bits per heavy atom. The number of hydrogen-bond acceptors (Lipinski definition) is 2. The maximum absolute atomic E-state index is 11.8. The first-order valence-electron chi connectivity index (χ1n) is 5.13. The molecule has 0 bridgehead atoms. The highest BCUT2D eigenvalue weighted by atomic mass is 16.1. The van der Waals surface area contributed by atoms with Gasteiger partial charge in [-0.2, -0.15) is 0 Å². The van der Waals surface area contributed by atoms with Gasteiger partial charge in [-0.15, -0.1) is 0 Å². The van der Waals surface area contributed by atoms with Crippen molar-refractivity contribution in [1.82, 2.24) is 0 Å². The molecule has 2 heteroatoms. The van der Waals surface area contributed by atoms with E-state index in [4.69, 9.17) is 0 Å². The monoisotopic (exact) mass is 199 g/mol. The van der Waals surface area contributed by atoms with Crippen molar-refractivity contribution in [3.05, 3.63) is 46.1 Å². The van der Waals surface area contributed by atoms with Gasteiger partial charge in [-0.05, 0) is 23.8 Å². The Bertz CT molecular complexity index is 540. The fourth-order valence-corrected chi connectivity index (χ4v) is 1.68. The molecule has 1 aromatic carbocycles. The molecule has 0 saturated carbocycles. The topological polar surface area (TPSA) is 29.4 Å². The van der Waals surface area contributed by atoms with Crippen LogP contribution in [0.4, 0.5) is 0 Å². The minimum atomic E-state index is 0.0500. The molecule has 76 valence electrons. The van der Waals surface area contributed by atoms with Crippen molar-refractivity contribution >= 4 is 12.4 Å². The highest BCUT2D eigenvalue weighted by Gasteiger charge is 2.11. The molecule has 0 unspecified atom stereocenters. The Balaban J connectivity index is 2.57. The molecule has 1 aromatic rings. The lowest BCUT2D eigenvalue weighted by molar-refractivity contribution is 0.104. The van der Waals surface area contributed by atoms with E-state index in [9.17, 15) is 4.79 Å². The van der Waals surface area contributed by atoms with E-state index in [1.54, 1.807) is 12.1 Å². The number of allylic oxidation sites excluding steroid dienone is 2. The van der Waals surface area contributed by atoms with Crippen LogP contribution in [0.3, 0.4) is 0 Å². The Morgan fingerprint density at radius 2 is 2.20 bits per heavy atom. The first-order chi connectivity index (χ1) is 7.20. The van der Waals surface area contributed by atoms with E-state index < -0.39 is 0 Å². The highest BCUT2D eigenvalue weighted by Crippen LogP contribution is 2.10. The first kappa shape index (κ1) is 9.84. The van der Waals surface area contributed by atoms with Crippen molar-refractivity contribution in [3.63, 3.8) is 0 Å². The van der Waals surface area contributed by atoms with Gasteiger partial charge in [0.15, 0.2) is 5.78 Å². The lowest BCUT2D eigenvalue weighted by atomic mass is 10.0. The summed E-state index contributed by atoms with van der Waals surface area (Å²) >= 11 is 0. The first-order valence-corrected chi connectivity index (χ1v) is 5.13. The number of carbonyl (C=O) groups excluding carboxylic acids is 1. The number of fused-ring (bicyclic) bond motifs is 1. The second kappa shape index (κ2) is 3.81. The summed E-state index contributed by atoms with van der Waals surface area (Å²) in [4.78, 5) is 16.2. The van der Waals surface area contributed by atoms with Gasteiger partial charge < -0.3 is 0 Å². The van der Waals surface area contributed by atoms with Crippen molar-refractivity contribution in [1.29, 1.82) is 0 Å². The molecular formula is C13H13NO. The third-order valence-corrected chi connectivity index (χ3v) is 2.39. The molecule has 1 aliphatic heterocycles. The summed E-state index contributed by atoms with van der Waals surface area (Å²) < 4.78 is 0. The van der Waals surface area contributed by atoms with Crippen LogP contribution in [0.2, 0.25) is 0 Å². The number of hydrogen-bond donors (Lipinski definition) is 0. The van der Waals surface area contributed by atoms with Gasteiger partial charge in [-0.3, -0.25) is 9.79 Å². The van der Waals surface area contributed by atoms with Crippen LogP contribution in [-0.4, -0.2) is 5.78 Å². The molecule has 0 atom stereocenters. The molecule has 15 heavy (non-hydrogen) atoms. The molecule has 0 radical (unpaired) electrons. The lowest BCUT2D eigenvalue weighted by Crippen LogP contribution is -2.21.